The van der Waals surface area contributed by atoms with E-state index in [-0.39, 0.29) is 16.5 Å². The molecule has 1 atom stereocenters. The predicted octanol–water partition coefficient (Wildman–Crippen LogP) is 3.76. The van der Waals surface area contributed by atoms with E-state index < -0.39 is 23.9 Å². The minimum atomic E-state index is -0.874. The highest BCUT2D eigenvalue weighted by molar-refractivity contribution is 7.20. The molecule has 0 aliphatic heterocycles. The van der Waals surface area contributed by atoms with Crippen molar-refractivity contribution in [2.24, 2.45) is 17.4 Å². The molecule has 1 aromatic heterocycles. The molecule has 0 bridgehead atoms. The van der Waals surface area contributed by atoms with Gasteiger partial charge in [0.05, 0.1) is 5.56 Å². The van der Waals surface area contributed by atoms with Crippen molar-refractivity contribution in [1.29, 1.82) is 0 Å². The van der Waals surface area contributed by atoms with Gasteiger partial charge in [-0.15, -0.1) is 11.3 Å². The van der Waals surface area contributed by atoms with Gasteiger partial charge in [0.1, 0.15) is 11.0 Å². The average Bonchev–Trinajstić information content (AvgIpc) is 3.08. The topological polar surface area (TPSA) is 148 Å². The van der Waals surface area contributed by atoms with Crippen LogP contribution in [0.4, 0.5) is 9.80 Å². The summed E-state index contributed by atoms with van der Waals surface area (Å²) in [5.74, 6) is -1.28. The molecule has 0 saturated carbocycles. The molecule has 0 fully saturated rings. The van der Waals surface area contributed by atoms with E-state index in [1.165, 1.54) is 0 Å². The molecule has 1 aromatic carbocycles. The number of carboxylic acids is 1. The first-order valence-corrected chi connectivity index (χ1v) is 10.7. The van der Waals surface area contributed by atoms with Crippen molar-refractivity contribution in [3.8, 4) is 10.4 Å². The number of anilines is 1. The summed E-state index contributed by atoms with van der Waals surface area (Å²) in [5.41, 5.74) is 12.2. The van der Waals surface area contributed by atoms with Gasteiger partial charge in [0.25, 0.3) is 5.91 Å². The Balaban J connectivity index is 2.13. The van der Waals surface area contributed by atoms with Crippen LogP contribution < -0.4 is 22.1 Å². The Labute approximate surface area is 189 Å². The van der Waals surface area contributed by atoms with Gasteiger partial charge in [-0.05, 0) is 35.6 Å². The lowest BCUT2D eigenvalue weighted by molar-refractivity contribution is -0.139. The van der Waals surface area contributed by atoms with E-state index in [0.717, 1.165) is 22.5 Å². The molecule has 8 nitrogen and oxygen atoms in total. The van der Waals surface area contributed by atoms with Crippen molar-refractivity contribution in [1.82, 2.24) is 5.32 Å². The number of halogens is 1. The summed E-state index contributed by atoms with van der Waals surface area (Å²) in [7, 11) is 0. The van der Waals surface area contributed by atoms with Gasteiger partial charge in [-0.2, -0.15) is 0 Å². The summed E-state index contributed by atoms with van der Waals surface area (Å²) in [6.07, 6.45) is 4.15. The number of rotatable bonds is 10. The monoisotopic (exact) mass is 464 g/mol. The Hall–Kier alpha value is -2.88. The number of thiophene rings is 1. The van der Waals surface area contributed by atoms with Crippen LogP contribution in [0.2, 0.25) is 5.02 Å². The van der Waals surface area contributed by atoms with Gasteiger partial charge in [0, 0.05) is 16.4 Å². The Bertz CT molecular complexity index is 1000. The van der Waals surface area contributed by atoms with Crippen LogP contribution in [-0.4, -0.2) is 35.6 Å². The van der Waals surface area contributed by atoms with E-state index in [1.54, 1.807) is 18.2 Å². The van der Waals surface area contributed by atoms with Gasteiger partial charge in [0.15, 0.2) is 0 Å². The van der Waals surface area contributed by atoms with Crippen LogP contribution in [0, 0.1) is 5.92 Å². The molecule has 2 rings (SSSR count). The lowest BCUT2D eigenvalue weighted by atomic mass is 10.0. The summed E-state index contributed by atoms with van der Waals surface area (Å²) in [5, 5.41) is 15.4. The van der Waals surface area contributed by atoms with Crippen molar-refractivity contribution in [3.63, 3.8) is 0 Å². The number of benzene rings is 1. The third-order valence-electron chi connectivity index (χ3n) is 4.30. The van der Waals surface area contributed by atoms with Crippen LogP contribution in [0.5, 0.6) is 0 Å². The third-order valence-corrected chi connectivity index (χ3v) is 5.73. The van der Waals surface area contributed by atoms with Crippen LogP contribution in [0.3, 0.4) is 0 Å². The zero-order valence-corrected chi connectivity index (χ0v) is 18.7. The molecule has 0 aliphatic rings. The van der Waals surface area contributed by atoms with Crippen molar-refractivity contribution in [3.05, 3.63) is 46.5 Å². The highest BCUT2D eigenvalue weighted by atomic mass is 35.5. The van der Waals surface area contributed by atoms with E-state index >= 15 is 0 Å². The number of nitrogens with two attached hydrogens (primary N) is 2. The zero-order valence-electron chi connectivity index (χ0n) is 17.1. The lowest BCUT2D eigenvalue weighted by Gasteiger charge is -2.15. The second kappa shape index (κ2) is 10.9. The van der Waals surface area contributed by atoms with Crippen LogP contribution >= 0.6 is 22.9 Å². The molecule has 1 heterocycles. The van der Waals surface area contributed by atoms with Crippen LogP contribution in [0.25, 0.3) is 16.5 Å². The molecule has 166 valence electrons. The second-order valence-electron chi connectivity index (χ2n) is 7.27. The fourth-order valence-corrected chi connectivity index (χ4v) is 4.18. The summed E-state index contributed by atoms with van der Waals surface area (Å²) < 4.78 is 0. The van der Waals surface area contributed by atoms with Gasteiger partial charge in [0.2, 0.25) is 0 Å². The van der Waals surface area contributed by atoms with Crippen molar-refractivity contribution < 1.29 is 19.5 Å². The second-order valence-corrected chi connectivity index (χ2v) is 8.73. The molecular weight excluding hydrogens is 440 g/mol. The van der Waals surface area contributed by atoms with Crippen molar-refractivity contribution in [2.75, 3.05) is 11.9 Å². The van der Waals surface area contributed by atoms with Crippen molar-refractivity contribution in [2.45, 2.75) is 26.3 Å². The summed E-state index contributed by atoms with van der Waals surface area (Å²) >= 11 is 7.55. The standard InChI is InChI=1S/C21H25ClN4O4S/c1-11(2)8-16(20(28)29)25-7-3-4-12-5-6-13(9-15(12)22)17-10-14(18(23)27)19(31-17)26-21(24)30/h3-6,9-11,16,25H,7-8H2,1-2H3,(H2,23,27)(H,28,29)(H3,24,26,30)/t16-/m0/s1. The quantitative estimate of drug-likeness (QED) is 0.363. The van der Waals surface area contributed by atoms with Gasteiger partial charge in [-0.3, -0.25) is 14.9 Å². The summed E-state index contributed by atoms with van der Waals surface area (Å²) in [6.45, 7) is 4.33. The van der Waals surface area contributed by atoms with Gasteiger partial charge >= 0.3 is 12.0 Å². The molecular formula is C21H25ClN4O4S. The van der Waals surface area contributed by atoms with E-state index in [4.69, 9.17) is 23.1 Å². The summed E-state index contributed by atoms with van der Waals surface area (Å²) in [4.78, 5) is 34.7. The normalized spacial score (nSPS) is 12.3. The number of carbonyl (C=O) groups is 3. The number of carboxylic acid groups (broad SMARTS) is 1. The Kier molecular flexibility index (Phi) is 8.61. The maximum Gasteiger partial charge on any atom is 0.320 e. The first-order chi connectivity index (χ1) is 14.6. The third kappa shape index (κ3) is 7.09. The number of primary amides is 2. The first kappa shape index (κ1) is 24.4. The van der Waals surface area contributed by atoms with Crippen LogP contribution in [0.15, 0.2) is 30.3 Å². The van der Waals surface area contributed by atoms with Crippen LogP contribution in [-0.2, 0) is 4.79 Å². The average molecular weight is 465 g/mol. The molecule has 0 unspecified atom stereocenters. The number of amides is 3. The van der Waals surface area contributed by atoms with E-state index in [0.29, 0.717) is 22.9 Å². The fraction of sp³-hybridized carbons (Fsp3) is 0.286. The van der Waals surface area contributed by atoms with Crippen molar-refractivity contribution >= 4 is 51.9 Å². The van der Waals surface area contributed by atoms with E-state index in [2.05, 4.69) is 10.6 Å². The maximum absolute atomic E-state index is 11.6. The lowest BCUT2D eigenvalue weighted by Crippen LogP contribution is -2.37. The molecule has 0 spiro atoms. The van der Waals surface area contributed by atoms with E-state index in [9.17, 15) is 19.5 Å². The minimum Gasteiger partial charge on any atom is -0.480 e. The fourth-order valence-electron chi connectivity index (χ4n) is 2.88. The highest BCUT2D eigenvalue weighted by Gasteiger charge is 2.18. The van der Waals surface area contributed by atoms with Gasteiger partial charge in [-0.1, -0.05) is 49.7 Å². The van der Waals surface area contributed by atoms with Gasteiger partial charge < -0.3 is 21.9 Å². The zero-order chi connectivity index (χ0) is 23.1. The Morgan fingerprint density at radius 1 is 1.23 bits per heavy atom. The van der Waals surface area contributed by atoms with Gasteiger partial charge in [-0.25, -0.2) is 4.79 Å². The number of hydrogen-bond acceptors (Lipinski definition) is 5. The number of nitrogens with one attached hydrogen (secondary N) is 2. The maximum atomic E-state index is 11.6. The highest BCUT2D eigenvalue weighted by Crippen LogP contribution is 2.37. The molecule has 0 saturated heterocycles. The predicted molar refractivity (Wildman–Crippen MR) is 124 cm³/mol. The molecule has 3 amide bonds. The Morgan fingerprint density at radius 2 is 1.94 bits per heavy atom. The molecule has 7 N–H and O–H groups in total. The van der Waals surface area contributed by atoms with Crippen LogP contribution in [0.1, 0.15) is 36.2 Å². The minimum absolute atomic E-state index is 0.166. The number of hydrogen-bond donors (Lipinski definition) is 5. The molecule has 0 radical (unpaired) electrons. The Morgan fingerprint density at radius 3 is 2.48 bits per heavy atom. The number of carbonyl (C=O) groups excluding carboxylic acids is 2. The SMILES string of the molecule is CC(C)C[C@H](NCC=Cc1ccc(-c2cc(C(N)=O)c(NC(N)=O)s2)cc1Cl)C(=O)O. The smallest absolute Gasteiger partial charge is 0.320 e. The summed E-state index contributed by atoms with van der Waals surface area (Å²) in [6, 6.07) is 5.54. The number of aliphatic carboxylic acids is 1. The molecule has 10 heteroatoms. The molecule has 2 aromatic rings. The first-order valence-electron chi connectivity index (χ1n) is 9.51. The molecule has 0 aliphatic carbocycles. The molecule has 31 heavy (non-hydrogen) atoms. The number of urea groups is 1. The largest absolute Gasteiger partial charge is 0.480 e. The van der Waals surface area contributed by atoms with E-state index in [1.807, 2.05) is 32.1 Å².